The van der Waals surface area contributed by atoms with Gasteiger partial charge in [0, 0.05) is 24.7 Å². The van der Waals surface area contributed by atoms with Crippen molar-refractivity contribution >= 4 is 11.8 Å². The van der Waals surface area contributed by atoms with Crippen molar-refractivity contribution in [1.82, 2.24) is 30.0 Å². The number of aromatic nitrogens is 4. The monoisotopic (exact) mass is 484 g/mol. The van der Waals surface area contributed by atoms with Crippen molar-refractivity contribution in [2.75, 3.05) is 27.8 Å². The van der Waals surface area contributed by atoms with Gasteiger partial charge in [-0.1, -0.05) is 32.1 Å². The van der Waals surface area contributed by atoms with Crippen LogP contribution in [0.3, 0.4) is 0 Å². The molecule has 2 aromatic rings. The van der Waals surface area contributed by atoms with Crippen LogP contribution in [-0.2, 0) is 16.1 Å². The number of hydrogen-bond donors (Lipinski definition) is 0. The highest BCUT2D eigenvalue weighted by Crippen LogP contribution is 2.31. The van der Waals surface area contributed by atoms with Gasteiger partial charge in [0.15, 0.2) is 11.5 Å². The third kappa shape index (κ3) is 5.91. The summed E-state index contributed by atoms with van der Waals surface area (Å²) in [6.45, 7) is 0.0466. The Bertz CT molecular complexity index is 1010. The highest BCUT2D eigenvalue weighted by atomic mass is 16.5. The Morgan fingerprint density at radius 2 is 1.60 bits per heavy atom. The Morgan fingerprint density at radius 3 is 2.29 bits per heavy atom. The predicted octanol–water partition coefficient (Wildman–Crippen LogP) is 2.92. The van der Waals surface area contributed by atoms with Crippen LogP contribution in [0.1, 0.15) is 57.8 Å². The van der Waals surface area contributed by atoms with Crippen LogP contribution in [-0.4, -0.2) is 81.7 Å². The van der Waals surface area contributed by atoms with E-state index in [1.54, 1.807) is 31.3 Å². The minimum Gasteiger partial charge on any atom is -0.493 e. The first-order valence-electron chi connectivity index (χ1n) is 12.6. The largest absolute Gasteiger partial charge is 0.493 e. The third-order valence-corrected chi connectivity index (χ3v) is 7.28. The molecule has 10 heteroatoms. The molecule has 1 aromatic heterocycles. The predicted molar refractivity (Wildman–Crippen MR) is 130 cm³/mol. The summed E-state index contributed by atoms with van der Waals surface area (Å²) in [4.78, 5) is 31.4. The van der Waals surface area contributed by atoms with Crippen LogP contribution in [0, 0.1) is 0 Å². The summed E-state index contributed by atoms with van der Waals surface area (Å²) < 4.78 is 10.6. The van der Waals surface area contributed by atoms with Crippen LogP contribution in [0.4, 0.5) is 0 Å². The Balaban J connectivity index is 1.47. The molecule has 2 aliphatic carbocycles. The fourth-order valence-corrected chi connectivity index (χ4v) is 5.18. The SMILES string of the molecule is COc1ccc(-c2nnn(CC(=O)N(CC(=O)N(C)C3CCCC3)C3CCCCC3)n2)cc1OC. The van der Waals surface area contributed by atoms with E-state index in [-0.39, 0.29) is 37.0 Å². The molecule has 0 radical (unpaired) electrons. The molecule has 0 N–H and O–H groups in total. The summed E-state index contributed by atoms with van der Waals surface area (Å²) in [6.07, 6.45) is 9.58. The standard InChI is InChI=1S/C25H36N6O4/c1-29(19-9-7-8-10-19)23(32)16-30(20-11-5-4-6-12-20)24(33)17-31-27-25(26-28-31)18-13-14-21(34-2)22(15-18)35-3/h13-15,19-20H,4-12,16-17H2,1-3H3. The smallest absolute Gasteiger partial charge is 0.246 e. The van der Waals surface area contributed by atoms with E-state index >= 15 is 0 Å². The van der Waals surface area contributed by atoms with Crippen LogP contribution in [0.5, 0.6) is 11.5 Å². The fraction of sp³-hybridized carbons (Fsp3) is 0.640. The first-order chi connectivity index (χ1) is 17.0. The summed E-state index contributed by atoms with van der Waals surface area (Å²) in [5, 5.41) is 12.6. The Hall–Kier alpha value is -3.17. The van der Waals surface area contributed by atoms with Gasteiger partial charge in [0.25, 0.3) is 0 Å². The normalized spacial score (nSPS) is 16.8. The lowest BCUT2D eigenvalue weighted by atomic mass is 9.94. The van der Waals surface area contributed by atoms with Gasteiger partial charge in [0.2, 0.25) is 17.6 Å². The summed E-state index contributed by atoms with van der Waals surface area (Å²) in [5.41, 5.74) is 0.707. The molecule has 35 heavy (non-hydrogen) atoms. The molecule has 0 atom stereocenters. The van der Waals surface area contributed by atoms with Gasteiger partial charge in [0.05, 0.1) is 14.2 Å². The zero-order valence-electron chi connectivity index (χ0n) is 21.0. The number of tetrazole rings is 1. The van der Waals surface area contributed by atoms with Crippen LogP contribution in [0.25, 0.3) is 11.4 Å². The molecule has 2 amide bonds. The lowest BCUT2D eigenvalue weighted by molar-refractivity contribution is -0.144. The summed E-state index contributed by atoms with van der Waals surface area (Å²) >= 11 is 0. The molecule has 1 heterocycles. The van der Waals surface area contributed by atoms with E-state index < -0.39 is 0 Å². The highest BCUT2D eigenvalue weighted by molar-refractivity contribution is 5.85. The molecule has 0 bridgehead atoms. The molecular weight excluding hydrogens is 448 g/mol. The van der Waals surface area contributed by atoms with E-state index in [0.29, 0.717) is 22.9 Å². The first kappa shape index (κ1) is 24.9. The molecule has 10 nitrogen and oxygen atoms in total. The number of carbonyl (C=O) groups is 2. The average molecular weight is 485 g/mol. The van der Waals surface area contributed by atoms with Gasteiger partial charge in [0.1, 0.15) is 13.1 Å². The van der Waals surface area contributed by atoms with E-state index in [9.17, 15) is 9.59 Å². The molecule has 4 rings (SSSR count). The van der Waals surface area contributed by atoms with Crippen molar-refractivity contribution in [1.29, 1.82) is 0 Å². The van der Waals surface area contributed by atoms with E-state index in [1.807, 2.05) is 18.0 Å². The van der Waals surface area contributed by atoms with Crippen LogP contribution < -0.4 is 9.47 Å². The Labute approximate surface area is 206 Å². The minimum atomic E-state index is -0.152. The second-order valence-corrected chi connectivity index (χ2v) is 9.47. The van der Waals surface area contributed by atoms with Gasteiger partial charge in [-0.05, 0) is 49.1 Å². The Morgan fingerprint density at radius 1 is 0.943 bits per heavy atom. The number of carbonyl (C=O) groups excluding carboxylic acids is 2. The Kier molecular flexibility index (Phi) is 8.20. The minimum absolute atomic E-state index is 0.00777. The van der Waals surface area contributed by atoms with Gasteiger partial charge in [-0.2, -0.15) is 4.80 Å². The summed E-state index contributed by atoms with van der Waals surface area (Å²) in [7, 11) is 5.01. The number of ether oxygens (including phenoxy) is 2. The molecule has 2 fully saturated rings. The molecule has 0 aliphatic heterocycles. The number of methoxy groups -OCH3 is 2. The van der Waals surface area contributed by atoms with Crippen molar-refractivity contribution in [3.63, 3.8) is 0 Å². The van der Waals surface area contributed by atoms with Gasteiger partial charge in [-0.15, -0.1) is 10.2 Å². The molecule has 190 valence electrons. The van der Waals surface area contributed by atoms with Gasteiger partial charge in [-0.25, -0.2) is 0 Å². The first-order valence-corrected chi connectivity index (χ1v) is 12.6. The van der Waals surface area contributed by atoms with E-state index in [4.69, 9.17) is 9.47 Å². The zero-order chi connectivity index (χ0) is 24.8. The molecule has 0 saturated heterocycles. The number of benzene rings is 1. The van der Waals surface area contributed by atoms with E-state index in [2.05, 4.69) is 15.4 Å². The second kappa shape index (κ2) is 11.5. The number of amides is 2. The van der Waals surface area contributed by atoms with Crippen molar-refractivity contribution in [2.45, 2.75) is 76.4 Å². The number of hydrogen-bond acceptors (Lipinski definition) is 7. The number of likely N-dealkylation sites (N-methyl/N-ethyl adjacent to an activating group) is 1. The lowest BCUT2D eigenvalue weighted by Crippen LogP contribution is -2.50. The molecule has 1 aromatic carbocycles. The fourth-order valence-electron chi connectivity index (χ4n) is 5.18. The topological polar surface area (TPSA) is 103 Å². The maximum atomic E-state index is 13.4. The van der Waals surface area contributed by atoms with Gasteiger partial charge < -0.3 is 19.3 Å². The molecule has 2 saturated carbocycles. The van der Waals surface area contributed by atoms with Crippen molar-refractivity contribution in [2.24, 2.45) is 0 Å². The zero-order valence-corrected chi connectivity index (χ0v) is 21.0. The van der Waals surface area contributed by atoms with E-state index in [0.717, 1.165) is 51.4 Å². The average Bonchev–Trinajstić information content (AvgIpc) is 3.59. The van der Waals surface area contributed by atoms with Crippen molar-refractivity contribution in [3.8, 4) is 22.9 Å². The second-order valence-electron chi connectivity index (χ2n) is 9.47. The number of nitrogens with zero attached hydrogens (tertiary/aromatic N) is 6. The maximum absolute atomic E-state index is 13.4. The van der Waals surface area contributed by atoms with Gasteiger partial charge >= 0.3 is 0 Å². The third-order valence-electron chi connectivity index (χ3n) is 7.28. The highest BCUT2D eigenvalue weighted by Gasteiger charge is 2.31. The van der Waals surface area contributed by atoms with E-state index in [1.165, 1.54) is 11.2 Å². The van der Waals surface area contributed by atoms with Crippen molar-refractivity contribution < 1.29 is 19.1 Å². The molecule has 2 aliphatic rings. The summed E-state index contributed by atoms with van der Waals surface area (Å²) in [5.74, 6) is 1.41. The van der Waals surface area contributed by atoms with Gasteiger partial charge in [-0.3, -0.25) is 9.59 Å². The molecular formula is C25H36N6O4. The maximum Gasteiger partial charge on any atom is 0.246 e. The van der Waals surface area contributed by atoms with Crippen molar-refractivity contribution in [3.05, 3.63) is 18.2 Å². The van der Waals surface area contributed by atoms with Crippen LogP contribution in [0.2, 0.25) is 0 Å². The van der Waals surface area contributed by atoms with Crippen LogP contribution in [0.15, 0.2) is 18.2 Å². The summed E-state index contributed by atoms with van der Waals surface area (Å²) in [6, 6.07) is 5.72. The quantitative estimate of drug-likeness (QED) is 0.539. The molecule has 0 unspecified atom stereocenters. The van der Waals surface area contributed by atoms with Crippen LogP contribution >= 0.6 is 0 Å². The lowest BCUT2D eigenvalue weighted by Gasteiger charge is -2.35. The molecule has 0 spiro atoms. The number of rotatable bonds is 9.